The van der Waals surface area contributed by atoms with E-state index in [1.54, 1.807) is 19.3 Å². The van der Waals surface area contributed by atoms with Gasteiger partial charge in [-0.3, -0.25) is 19.3 Å². The van der Waals surface area contributed by atoms with E-state index < -0.39 is 17.6 Å². The Morgan fingerprint density at radius 3 is 2.60 bits per heavy atom. The minimum absolute atomic E-state index is 0.114. The number of piperazine rings is 1. The predicted octanol–water partition coefficient (Wildman–Crippen LogP) is 3.22. The van der Waals surface area contributed by atoms with Crippen LogP contribution < -0.4 is 21.5 Å². The number of aromatic hydroxyl groups is 1. The van der Waals surface area contributed by atoms with E-state index in [-0.39, 0.29) is 39.8 Å². The number of halogens is 2. The van der Waals surface area contributed by atoms with Gasteiger partial charge in [0.15, 0.2) is 0 Å². The molecule has 1 aliphatic heterocycles. The molecule has 0 unspecified atom stereocenters. The number of hydrogen-bond acceptors (Lipinski definition) is 8. The molecular weight excluding hydrogens is 595 g/mol. The van der Waals surface area contributed by atoms with Gasteiger partial charge in [0.25, 0.3) is 11.5 Å². The summed E-state index contributed by atoms with van der Waals surface area (Å²) in [5.74, 6) is -1.02. The maximum absolute atomic E-state index is 13.3. The highest BCUT2D eigenvalue weighted by molar-refractivity contribution is 6.34. The molecule has 2 amide bonds. The lowest BCUT2D eigenvalue weighted by atomic mass is 10.0. The largest absolute Gasteiger partial charge is 0.506 e. The molecule has 1 atom stereocenters. The van der Waals surface area contributed by atoms with E-state index in [0.29, 0.717) is 27.9 Å². The Bertz CT molecular complexity index is 1830. The molecule has 4 aromatic rings. The van der Waals surface area contributed by atoms with Crippen molar-refractivity contribution in [1.29, 1.82) is 0 Å². The number of amides is 2. The van der Waals surface area contributed by atoms with Crippen LogP contribution in [0.15, 0.2) is 41.7 Å². The van der Waals surface area contributed by atoms with Crippen molar-refractivity contribution in [3.05, 3.63) is 62.9 Å². The van der Waals surface area contributed by atoms with Crippen LogP contribution in [0.3, 0.4) is 0 Å². The Morgan fingerprint density at radius 1 is 1.14 bits per heavy atom. The lowest BCUT2D eigenvalue weighted by Crippen LogP contribution is -2.52. The van der Waals surface area contributed by atoms with Gasteiger partial charge in [0.2, 0.25) is 5.91 Å². The predicted molar refractivity (Wildman–Crippen MR) is 165 cm³/mol. The summed E-state index contributed by atoms with van der Waals surface area (Å²) in [7, 11) is 1.55. The minimum Gasteiger partial charge on any atom is -0.506 e. The number of primary amides is 1. The third-order valence-corrected chi connectivity index (χ3v) is 8.61. The molecule has 1 saturated carbocycles. The van der Waals surface area contributed by atoms with Gasteiger partial charge in [0.1, 0.15) is 23.8 Å². The maximum atomic E-state index is 13.3. The minimum atomic E-state index is -0.886. The number of fused-ring (bicyclic) bond motifs is 1. The number of carbonyl (C=O) groups is 2. The van der Waals surface area contributed by atoms with Crippen LogP contribution in [-0.2, 0) is 18.4 Å². The Labute approximate surface area is 256 Å². The van der Waals surface area contributed by atoms with Gasteiger partial charge >= 0.3 is 0 Å². The van der Waals surface area contributed by atoms with Gasteiger partial charge in [-0.1, -0.05) is 23.2 Å². The van der Waals surface area contributed by atoms with Crippen molar-refractivity contribution in [2.75, 3.05) is 29.9 Å². The Balaban J connectivity index is 1.29. The van der Waals surface area contributed by atoms with Crippen molar-refractivity contribution in [3.63, 3.8) is 0 Å². The zero-order chi connectivity index (χ0) is 30.6. The van der Waals surface area contributed by atoms with Crippen LogP contribution in [0.2, 0.25) is 10.0 Å². The van der Waals surface area contributed by atoms with E-state index in [9.17, 15) is 19.5 Å². The molecule has 0 bridgehead atoms. The molecule has 12 nitrogen and oxygen atoms in total. The SMILES string of the molecule is C[C@H]1CN(C2CC2)CCN1c1cc(NC(=O)Cn2cc(-c3cc(Cl)c(O)c(C(N)=O)c3)c3c(=O)n(C)cnc32)c(Cl)cn1. The summed E-state index contributed by atoms with van der Waals surface area (Å²) in [6.45, 7) is 4.72. The summed E-state index contributed by atoms with van der Waals surface area (Å²) in [5.41, 5.74) is 6.24. The summed E-state index contributed by atoms with van der Waals surface area (Å²) >= 11 is 12.6. The third-order valence-electron chi connectivity index (χ3n) is 8.02. The van der Waals surface area contributed by atoms with Crippen LogP contribution in [0.4, 0.5) is 11.5 Å². The first-order chi connectivity index (χ1) is 20.5. The zero-order valence-corrected chi connectivity index (χ0v) is 25.1. The van der Waals surface area contributed by atoms with Crippen molar-refractivity contribution in [3.8, 4) is 16.9 Å². The fraction of sp³-hybridized carbons (Fsp3) is 0.345. The van der Waals surface area contributed by atoms with Gasteiger partial charge in [0, 0.05) is 56.6 Å². The first-order valence-corrected chi connectivity index (χ1v) is 14.6. The summed E-state index contributed by atoms with van der Waals surface area (Å²) in [6, 6.07) is 5.50. The number of hydrogen-bond donors (Lipinski definition) is 3. The van der Waals surface area contributed by atoms with E-state index in [1.807, 2.05) is 0 Å². The van der Waals surface area contributed by atoms with Crippen molar-refractivity contribution in [2.45, 2.75) is 38.4 Å². The number of carbonyl (C=O) groups excluding carboxylic acids is 2. The first-order valence-electron chi connectivity index (χ1n) is 13.8. The summed E-state index contributed by atoms with van der Waals surface area (Å²) < 4.78 is 2.83. The molecule has 6 rings (SSSR count). The number of anilines is 2. The zero-order valence-electron chi connectivity index (χ0n) is 23.5. The summed E-state index contributed by atoms with van der Waals surface area (Å²) in [4.78, 5) is 52.1. The van der Waals surface area contributed by atoms with Crippen molar-refractivity contribution < 1.29 is 14.7 Å². The second kappa shape index (κ2) is 11.2. The molecule has 4 heterocycles. The van der Waals surface area contributed by atoms with Crippen LogP contribution in [0, 0.1) is 0 Å². The van der Waals surface area contributed by atoms with Gasteiger partial charge < -0.3 is 30.2 Å². The Morgan fingerprint density at radius 2 is 1.91 bits per heavy atom. The second-order valence-electron chi connectivity index (χ2n) is 11.1. The number of nitrogens with zero attached hydrogens (tertiary/aromatic N) is 6. The van der Waals surface area contributed by atoms with Crippen LogP contribution in [0.25, 0.3) is 22.2 Å². The molecule has 224 valence electrons. The summed E-state index contributed by atoms with van der Waals surface area (Å²) in [5, 5.41) is 13.5. The number of rotatable bonds is 7. The molecule has 1 aromatic carbocycles. The fourth-order valence-corrected chi connectivity index (χ4v) is 6.04. The highest BCUT2D eigenvalue weighted by Gasteiger charge is 2.34. The molecule has 3 aromatic heterocycles. The molecule has 4 N–H and O–H groups in total. The van der Waals surface area contributed by atoms with Gasteiger partial charge in [-0.05, 0) is 37.5 Å². The van der Waals surface area contributed by atoms with Gasteiger partial charge in [-0.15, -0.1) is 0 Å². The van der Waals surface area contributed by atoms with Crippen LogP contribution in [-0.4, -0.2) is 72.6 Å². The third kappa shape index (κ3) is 5.53. The quantitative estimate of drug-likeness (QED) is 0.283. The molecule has 43 heavy (non-hydrogen) atoms. The Hall–Kier alpha value is -4.13. The monoisotopic (exact) mass is 624 g/mol. The standard InChI is InChI=1S/C29H30Cl2N8O4/c1-15-11-37(17-3-4-17)5-6-39(15)23-9-22(21(31)10-33-23)35-24(40)13-38-12-19(25-28(38)34-14-36(2)29(25)43)16-7-18(27(32)42)26(41)20(30)8-16/h7-10,12,14-15,17,41H,3-6,11,13H2,1-2H3,(H2,32,42)(H,33,35,40)/t15-/m0/s1. The van der Waals surface area contributed by atoms with E-state index >= 15 is 0 Å². The van der Waals surface area contributed by atoms with Crippen LogP contribution in [0.5, 0.6) is 5.75 Å². The number of phenols is 1. The lowest BCUT2D eigenvalue weighted by Gasteiger charge is -2.40. The average molecular weight is 626 g/mol. The Kier molecular flexibility index (Phi) is 7.53. The molecule has 0 radical (unpaired) electrons. The molecule has 2 fully saturated rings. The normalized spacial score (nSPS) is 17.4. The van der Waals surface area contributed by atoms with E-state index in [1.165, 1.54) is 46.6 Å². The molecule has 0 spiro atoms. The maximum Gasteiger partial charge on any atom is 0.263 e. The number of benzene rings is 1. The molecule has 2 aliphatic rings. The van der Waals surface area contributed by atoms with E-state index in [0.717, 1.165) is 25.5 Å². The van der Waals surface area contributed by atoms with E-state index in [2.05, 4.69) is 32.0 Å². The number of nitrogens with one attached hydrogen (secondary N) is 1. The van der Waals surface area contributed by atoms with Gasteiger partial charge in [-0.2, -0.15) is 0 Å². The van der Waals surface area contributed by atoms with Gasteiger partial charge in [-0.25, -0.2) is 9.97 Å². The highest BCUT2D eigenvalue weighted by atomic mass is 35.5. The van der Waals surface area contributed by atoms with Crippen LogP contribution in [0.1, 0.15) is 30.1 Å². The van der Waals surface area contributed by atoms with Gasteiger partial charge in [0.05, 0.1) is 39.2 Å². The second-order valence-corrected chi connectivity index (χ2v) is 11.9. The highest BCUT2D eigenvalue weighted by Crippen LogP contribution is 2.36. The summed E-state index contributed by atoms with van der Waals surface area (Å²) in [6.07, 6.45) is 7.00. The lowest BCUT2D eigenvalue weighted by molar-refractivity contribution is -0.116. The molecule has 14 heteroatoms. The fourth-order valence-electron chi connectivity index (χ4n) is 5.67. The van der Waals surface area contributed by atoms with Crippen molar-refractivity contribution in [1.82, 2.24) is 24.0 Å². The van der Waals surface area contributed by atoms with Crippen LogP contribution >= 0.6 is 23.2 Å². The average Bonchev–Trinajstić information content (AvgIpc) is 3.75. The molecule has 1 saturated heterocycles. The van der Waals surface area contributed by atoms with Crippen molar-refractivity contribution >= 4 is 57.6 Å². The molecule has 1 aliphatic carbocycles. The van der Waals surface area contributed by atoms with E-state index in [4.69, 9.17) is 28.9 Å². The smallest absolute Gasteiger partial charge is 0.263 e. The topological polar surface area (TPSA) is 152 Å². The molecular formula is C29H30Cl2N8O4. The van der Waals surface area contributed by atoms with Crippen molar-refractivity contribution in [2.24, 2.45) is 12.8 Å². The number of nitrogens with two attached hydrogens (primary N) is 1. The first kappa shape index (κ1) is 29.0. The number of aryl methyl sites for hydroxylation is 1. The number of aromatic nitrogens is 4. The number of pyridine rings is 1.